The minimum absolute atomic E-state index is 0.147. The standard InChI is InChI=1S/2C25H30F3N3O/c2*1-4-31-17-29-23-21(14-20(15-22(23)31)25(26,27)28)18(2)32-16-24(10-12-30(3)13-11-24)19-8-6-5-7-9-19/h2*5-9,14-15,17-18H,4,10-13,16H2,1-3H3/t2*18-/m10/s1. The lowest BCUT2D eigenvalue weighted by Gasteiger charge is -2.41. The van der Waals surface area contributed by atoms with Gasteiger partial charge in [-0.15, -0.1) is 0 Å². The van der Waals surface area contributed by atoms with Crippen LogP contribution >= 0.6 is 0 Å². The zero-order chi connectivity index (χ0) is 45.9. The summed E-state index contributed by atoms with van der Waals surface area (Å²) >= 11 is 0. The van der Waals surface area contributed by atoms with E-state index in [1.165, 1.54) is 35.4 Å². The molecule has 0 amide bonds. The predicted octanol–water partition coefficient (Wildman–Crippen LogP) is 11.6. The Kier molecular flexibility index (Phi) is 14.3. The number of likely N-dealkylation sites (tertiary alicyclic amines) is 2. The second-order valence-corrected chi connectivity index (χ2v) is 17.7. The number of alkyl halides is 6. The number of rotatable bonds is 12. The van der Waals surface area contributed by atoms with E-state index in [1.54, 1.807) is 21.8 Å². The fourth-order valence-corrected chi connectivity index (χ4v) is 9.29. The first-order valence-corrected chi connectivity index (χ1v) is 22.3. The van der Waals surface area contributed by atoms with Gasteiger partial charge < -0.3 is 28.4 Å². The van der Waals surface area contributed by atoms with E-state index in [1.807, 2.05) is 64.1 Å². The zero-order valence-electron chi connectivity index (χ0n) is 37.6. The molecule has 14 heteroatoms. The first kappa shape index (κ1) is 47.2. The van der Waals surface area contributed by atoms with Gasteiger partial charge in [0.15, 0.2) is 0 Å². The molecule has 8 nitrogen and oxygen atoms in total. The fraction of sp³-hybridized carbons (Fsp3) is 0.480. The minimum Gasteiger partial charge on any atom is -0.373 e. The highest BCUT2D eigenvalue weighted by Crippen LogP contribution is 2.42. The lowest BCUT2D eigenvalue weighted by Crippen LogP contribution is -2.44. The Hall–Kier alpha value is -4.76. The normalized spacial score (nSPS) is 18.2. The van der Waals surface area contributed by atoms with Gasteiger partial charge in [0.05, 0.1) is 71.3 Å². The van der Waals surface area contributed by atoms with E-state index in [0.29, 0.717) is 59.5 Å². The quantitative estimate of drug-likeness (QED) is 0.114. The molecule has 0 aliphatic carbocycles. The first-order valence-electron chi connectivity index (χ1n) is 22.3. The van der Waals surface area contributed by atoms with Crippen LogP contribution < -0.4 is 0 Å². The van der Waals surface area contributed by atoms with Gasteiger partial charge in [0, 0.05) is 35.0 Å². The summed E-state index contributed by atoms with van der Waals surface area (Å²) in [4.78, 5) is 13.5. The van der Waals surface area contributed by atoms with Crippen LogP contribution in [-0.2, 0) is 45.7 Å². The highest BCUT2D eigenvalue weighted by atomic mass is 19.4. The van der Waals surface area contributed by atoms with Crippen LogP contribution in [0.15, 0.2) is 97.6 Å². The number of hydrogen-bond donors (Lipinski definition) is 0. The van der Waals surface area contributed by atoms with Crippen molar-refractivity contribution in [2.45, 2.75) is 102 Å². The van der Waals surface area contributed by atoms with Crippen LogP contribution in [-0.4, -0.2) is 82.4 Å². The van der Waals surface area contributed by atoms with Gasteiger partial charge in [-0.2, -0.15) is 26.3 Å². The molecule has 4 heterocycles. The molecule has 2 aromatic heterocycles. The lowest BCUT2D eigenvalue weighted by atomic mass is 9.73. The summed E-state index contributed by atoms with van der Waals surface area (Å²) < 4.78 is 97.9. The minimum atomic E-state index is -4.43. The van der Waals surface area contributed by atoms with Crippen molar-refractivity contribution in [1.82, 2.24) is 28.9 Å². The summed E-state index contributed by atoms with van der Waals surface area (Å²) in [6.45, 7) is 13.3. The van der Waals surface area contributed by atoms with Crippen molar-refractivity contribution in [2.24, 2.45) is 0 Å². The van der Waals surface area contributed by atoms with Gasteiger partial charge in [0.1, 0.15) is 0 Å². The monoisotopic (exact) mass is 890 g/mol. The molecular formula is C50H60F6N6O2. The summed E-state index contributed by atoms with van der Waals surface area (Å²) in [5, 5.41) is 0. The molecule has 8 rings (SSSR count). The molecule has 2 aliphatic rings. The number of imidazole rings is 2. The van der Waals surface area contributed by atoms with E-state index in [2.05, 4.69) is 58.1 Å². The van der Waals surface area contributed by atoms with Crippen LogP contribution in [0.1, 0.15) is 99.0 Å². The number of nitrogens with zero attached hydrogens (tertiary/aromatic N) is 6. The van der Waals surface area contributed by atoms with Gasteiger partial charge in [-0.3, -0.25) is 0 Å². The molecule has 2 atom stereocenters. The summed E-state index contributed by atoms with van der Waals surface area (Å²) in [5.74, 6) is 0. The number of ether oxygens (including phenoxy) is 2. The average molecular weight is 891 g/mol. The van der Waals surface area contributed by atoms with Crippen molar-refractivity contribution < 1.29 is 35.8 Å². The molecule has 64 heavy (non-hydrogen) atoms. The third kappa shape index (κ3) is 10.2. The molecule has 0 saturated carbocycles. The molecule has 0 unspecified atom stereocenters. The molecule has 0 radical (unpaired) electrons. The molecule has 0 spiro atoms. The second kappa shape index (κ2) is 19.4. The van der Waals surface area contributed by atoms with E-state index in [-0.39, 0.29) is 10.8 Å². The molecule has 0 N–H and O–H groups in total. The summed E-state index contributed by atoms with van der Waals surface area (Å²) in [5.41, 5.74) is 3.93. The topological polar surface area (TPSA) is 60.6 Å². The Balaban J connectivity index is 0.000000191. The van der Waals surface area contributed by atoms with Crippen LogP contribution in [0.4, 0.5) is 26.3 Å². The lowest BCUT2D eigenvalue weighted by molar-refractivity contribution is -0.138. The fourth-order valence-electron chi connectivity index (χ4n) is 9.29. The van der Waals surface area contributed by atoms with Crippen molar-refractivity contribution in [3.63, 3.8) is 0 Å². The van der Waals surface area contributed by atoms with Crippen molar-refractivity contribution in [1.29, 1.82) is 0 Å². The van der Waals surface area contributed by atoms with Crippen LogP contribution in [0.25, 0.3) is 22.1 Å². The van der Waals surface area contributed by atoms with Crippen molar-refractivity contribution in [3.8, 4) is 0 Å². The van der Waals surface area contributed by atoms with Crippen LogP contribution in [0.5, 0.6) is 0 Å². The van der Waals surface area contributed by atoms with Crippen LogP contribution in [0.2, 0.25) is 0 Å². The zero-order valence-corrected chi connectivity index (χ0v) is 37.6. The Labute approximate surface area is 372 Å². The molecule has 344 valence electrons. The molecule has 4 aromatic carbocycles. The SMILES string of the molecule is CCn1cnc2c([C@@H](C)OCC3(c4ccccc4)CCN(C)CC3)cc(C(F)(F)F)cc21.CCn1cnc2c([C@H](C)OCC3(c4ccccc4)CCN(C)CC3)cc(C(F)(F)F)cc21. The van der Waals surface area contributed by atoms with Crippen LogP contribution in [0, 0.1) is 0 Å². The highest BCUT2D eigenvalue weighted by Gasteiger charge is 2.39. The number of aromatic nitrogens is 4. The van der Waals surface area contributed by atoms with Crippen molar-refractivity contribution >= 4 is 22.1 Å². The third-order valence-corrected chi connectivity index (χ3v) is 13.6. The highest BCUT2D eigenvalue weighted by molar-refractivity contribution is 5.81. The maximum absolute atomic E-state index is 13.6. The molecule has 0 bridgehead atoms. The molecule has 2 aliphatic heterocycles. The van der Waals surface area contributed by atoms with Crippen LogP contribution in [0.3, 0.4) is 0 Å². The van der Waals surface area contributed by atoms with Gasteiger partial charge in [-0.05, 0) is 129 Å². The Morgan fingerprint density at radius 3 is 1.22 bits per heavy atom. The smallest absolute Gasteiger partial charge is 0.373 e. The number of piperidine rings is 2. The Morgan fingerprint density at radius 1 is 0.562 bits per heavy atom. The van der Waals surface area contributed by atoms with E-state index >= 15 is 0 Å². The van der Waals surface area contributed by atoms with E-state index in [4.69, 9.17) is 9.47 Å². The Morgan fingerprint density at radius 2 is 0.906 bits per heavy atom. The number of hydrogen-bond acceptors (Lipinski definition) is 6. The number of fused-ring (bicyclic) bond motifs is 2. The van der Waals surface area contributed by atoms with E-state index in [9.17, 15) is 26.3 Å². The molecular weight excluding hydrogens is 831 g/mol. The maximum Gasteiger partial charge on any atom is 0.416 e. The number of benzene rings is 4. The summed E-state index contributed by atoms with van der Waals surface area (Å²) in [7, 11) is 4.23. The van der Waals surface area contributed by atoms with Crippen molar-refractivity contribution in [3.05, 3.63) is 131 Å². The number of halogens is 6. The van der Waals surface area contributed by atoms with Crippen molar-refractivity contribution in [2.75, 3.05) is 53.5 Å². The van der Waals surface area contributed by atoms with Gasteiger partial charge in [-0.1, -0.05) is 60.7 Å². The summed E-state index contributed by atoms with van der Waals surface area (Å²) in [6.07, 6.45) is -2.89. The van der Waals surface area contributed by atoms with Gasteiger partial charge in [0.2, 0.25) is 0 Å². The van der Waals surface area contributed by atoms with E-state index in [0.717, 1.165) is 51.9 Å². The molecule has 2 saturated heterocycles. The average Bonchev–Trinajstić information content (AvgIpc) is 3.92. The second-order valence-electron chi connectivity index (χ2n) is 17.7. The third-order valence-electron chi connectivity index (χ3n) is 13.6. The van der Waals surface area contributed by atoms with Gasteiger partial charge in [0.25, 0.3) is 0 Å². The van der Waals surface area contributed by atoms with Gasteiger partial charge in [-0.25, -0.2) is 9.97 Å². The summed E-state index contributed by atoms with van der Waals surface area (Å²) in [6, 6.07) is 25.4. The molecule has 2 fully saturated rings. The molecule has 6 aromatic rings. The number of aryl methyl sites for hydroxylation is 2. The predicted molar refractivity (Wildman–Crippen MR) is 239 cm³/mol. The van der Waals surface area contributed by atoms with Gasteiger partial charge >= 0.3 is 12.4 Å². The Bertz CT molecular complexity index is 2280. The first-order chi connectivity index (χ1) is 30.5. The van der Waals surface area contributed by atoms with E-state index < -0.39 is 35.7 Å². The maximum atomic E-state index is 13.6. The largest absolute Gasteiger partial charge is 0.416 e.